The van der Waals surface area contributed by atoms with Crippen molar-refractivity contribution in [1.82, 2.24) is 5.32 Å². The standard InChI is InChI=1S/C10H23NO2/c1-4-13-7-5-6-11-8-10(12)9(2)3/h9-12H,4-8H2,1-3H3. The van der Waals surface area contributed by atoms with Gasteiger partial charge in [-0.25, -0.2) is 0 Å². The molecule has 0 bridgehead atoms. The molecule has 0 aromatic carbocycles. The lowest BCUT2D eigenvalue weighted by molar-refractivity contribution is 0.119. The molecule has 1 atom stereocenters. The minimum absolute atomic E-state index is 0.230. The SMILES string of the molecule is CCOCCCNCC(O)C(C)C. The quantitative estimate of drug-likeness (QED) is 0.560. The minimum atomic E-state index is -0.230. The molecule has 0 rings (SSSR count). The topological polar surface area (TPSA) is 41.5 Å². The maximum Gasteiger partial charge on any atom is 0.0687 e. The van der Waals surface area contributed by atoms with Crippen LogP contribution in [0.4, 0.5) is 0 Å². The van der Waals surface area contributed by atoms with Crippen molar-refractivity contribution < 1.29 is 9.84 Å². The van der Waals surface area contributed by atoms with Crippen molar-refractivity contribution in [3.63, 3.8) is 0 Å². The van der Waals surface area contributed by atoms with E-state index in [4.69, 9.17) is 4.74 Å². The van der Waals surface area contributed by atoms with Gasteiger partial charge in [0, 0.05) is 19.8 Å². The van der Waals surface area contributed by atoms with Crippen molar-refractivity contribution in [2.75, 3.05) is 26.3 Å². The van der Waals surface area contributed by atoms with E-state index in [0.717, 1.165) is 26.2 Å². The zero-order valence-corrected chi connectivity index (χ0v) is 9.05. The third-order valence-corrected chi connectivity index (χ3v) is 1.97. The van der Waals surface area contributed by atoms with Crippen LogP contribution in [-0.2, 0) is 4.74 Å². The molecule has 0 radical (unpaired) electrons. The second-order valence-electron chi connectivity index (χ2n) is 3.57. The van der Waals surface area contributed by atoms with Crippen molar-refractivity contribution in [3.05, 3.63) is 0 Å². The molecular weight excluding hydrogens is 166 g/mol. The lowest BCUT2D eigenvalue weighted by Crippen LogP contribution is -2.31. The lowest BCUT2D eigenvalue weighted by atomic mass is 10.1. The summed E-state index contributed by atoms with van der Waals surface area (Å²) in [5, 5.41) is 12.6. The number of ether oxygens (including phenoxy) is 1. The predicted octanol–water partition coefficient (Wildman–Crippen LogP) is 1.02. The Morgan fingerprint density at radius 2 is 2.08 bits per heavy atom. The van der Waals surface area contributed by atoms with Crippen LogP contribution in [0.1, 0.15) is 27.2 Å². The highest BCUT2D eigenvalue weighted by Crippen LogP contribution is 1.98. The van der Waals surface area contributed by atoms with Gasteiger partial charge < -0.3 is 15.2 Å². The van der Waals surface area contributed by atoms with Gasteiger partial charge in [-0.1, -0.05) is 13.8 Å². The van der Waals surface area contributed by atoms with Gasteiger partial charge in [0.1, 0.15) is 0 Å². The van der Waals surface area contributed by atoms with Crippen LogP contribution >= 0.6 is 0 Å². The van der Waals surface area contributed by atoms with Gasteiger partial charge >= 0.3 is 0 Å². The van der Waals surface area contributed by atoms with E-state index in [1.54, 1.807) is 0 Å². The Kier molecular flexibility index (Phi) is 8.40. The van der Waals surface area contributed by atoms with E-state index >= 15 is 0 Å². The van der Waals surface area contributed by atoms with E-state index in [0.29, 0.717) is 12.5 Å². The first kappa shape index (κ1) is 12.9. The molecule has 0 saturated heterocycles. The second-order valence-corrected chi connectivity index (χ2v) is 3.57. The molecule has 3 nitrogen and oxygen atoms in total. The first-order chi connectivity index (χ1) is 6.18. The third kappa shape index (κ3) is 8.22. The molecule has 0 aromatic rings. The number of rotatable bonds is 8. The van der Waals surface area contributed by atoms with Gasteiger partial charge in [0.15, 0.2) is 0 Å². The highest BCUT2D eigenvalue weighted by atomic mass is 16.5. The summed E-state index contributed by atoms with van der Waals surface area (Å²) in [5.74, 6) is 0.333. The fraction of sp³-hybridized carbons (Fsp3) is 1.00. The molecule has 13 heavy (non-hydrogen) atoms. The van der Waals surface area contributed by atoms with Crippen molar-refractivity contribution >= 4 is 0 Å². The van der Waals surface area contributed by atoms with Crippen LogP contribution in [0.5, 0.6) is 0 Å². The highest BCUT2D eigenvalue weighted by molar-refractivity contribution is 4.62. The monoisotopic (exact) mass is 189 g/mol. The summed E-state index contributed by atoms with van der Waals surface area (Å²) in [4.78, 5) is 0. The molecule has 0 spiro atoms. The van der Waals surface area contributed by atoms with Crippen molar-refractivity contribution in [2.45, 2.75) is 33.3 Å². The van der Waals surface area contributed by atoms with Crippen LogP contribution in [-0.4, -0.2) is 37.5 Å². The molecule has 0 amide bonds. The Morgan fingerprint density at radius 3 is 2.62 bits per heavy atom. The summed E-state index contributed by atoms with van der Waals surface area (Å²) in [7, 11) is 0. The van der Waals surface area contributed by atoms with E-state index in [9.17, 15) is 5.11 Å². The van der Waals surface area contributed by atoms with Crippen LogP contribution in [0.25, 0.3) is 0 Å². The maximum absolute atomic E-state index is 9.44. The summed E-state index contributed by atoms with van der Waals surface area (Å²) in [6.07, 6.45) is 0.783. The van der Waals surface area contributed by atoms with E-state index < -0.39 is 0 Å². The average Bonchev–Trinajstić information content (AvgIpc) is 2.10. The first-order valence-corrected chi connectivity index (χ1v) is 5.15. The average molecular weight is 189 g/mol. The van der Waals surface area contributed by atoms with Crippen LogP contribution < -0.4 is 5.32 Å². The van der Waals surface area contributed by atoms with Gasteiger partial charge in [-0.15, -0.1) is 0 Å². The molecule has 2 N–H and O–H groups in total. The number of nitrogens with one attached hydrogen (secondary N) is 1. The Labute approximate surface area is 81.5 Å². The summed E-state index contributed by atoms with van der Waals surface area (Å²) in [6.45, 7) is 9.23. The van der Waals surface area contributed by atoms with Crippen LogP contribution in [0.2, 0.25) is 0 Å². The third-order valence-electron chi connectivity index (χ3n) is 1.97. The molecule has 0 aliphatic heterocycles. The van der Waals surface area contributed by atoms with Crippen LogP contribution in [0.15, 0.2) is 0 Å². The molecule has 80 valence electrons. The molecule has 0 aliphatic rings. The summed E-state index contributed by atoms with van der Waals surface area (Å²) < 4.78 is 5.19. The molecule has 0 saturated carbocycles. The van der Waals surface area contributed by atoms with E-state index in [-0.39, 0.29) is 6.10 Å². The Morgan fingerprint density at radius 1 is 1.38 bits per heavy atom. The first-order valence-electron chi connectivity index (χ1n) is 5.15. The lowest BCUT2D eigenvalue weighted by Gasteiger charge is -2.14. The van der Waals surface area contributed by atoms with Crippen molar-refractivity contribution in [2.24, 2.45) is 5.92 Å². The normalized spacial score (nSPS) is 13.6. The van der Waals surface area contributed by atoms with Crippen molar-refractivity contribution in [3.8, 4) is 0 Å². The van der Waals surface area contributed by atoms with Gasteiger partial charge in [-0.2, -0.15) is 0 Å². The second kappa shape index (κ2) is 8.48. The minimum Gasteiger partial charge on any atom is -0.392 e. The maximum atomic E-state index is 9.44. The summed E-state index contributed by atoms with van der Waals surface area (Å²) >= 11 is 0. The van der Waals surface area contributed by atoms with Gasteiger partial charge in [0.2, 0.25) is 0 Å². The van der Waals surface area contributed by atoms with E-state index in [1.807, 2.05) is 20.8 Å². The Balaban J connectivity index is 3.07. The van der Waals surface area contributed by atoms with E-state index in [1.165, 1.54) is 0 Å². The van der Waals surface area contributed by atoms with Gasteiger partial charge in [0.25, 0.3) is 0 Å². The Hall–Kier alpha value is -0.120. The molecule has 3 heteroatoms. The van der Waals surface area contributed by atoms with Crippen LogP contribution in [0, 0.1) is 5.92 Å². The van der Waals surface area contributed by atoms with Gasteiger partial charge in [-0.05, 0) is 25.8 Å². The molecule has 0 aromatic heterocycles. The molecule has 1 unspecified atom stereocenters. The molecule has 0 fully saturated rings. The summed E-state index contributed by atoms with van der Waals surface area (Å²) in [6, 6.07) is 0. The van der Waals surface area contributed by atoms with Gasteiger partial charge in [0.05, 0.1) is 6.10 Å². The smallest absolute Gasteiger partial charge is 0.0687 e. The number of aliphatic hydroxyl groups is 1. The summed E-state index contributed by atoms with van der Waals surface area (Å²) in [5.41, 5.74) is 0. The fourth-order valence-electron chi connectivity index (χ4n) is 0.929. The Bertz CT molecular complexity index is 107. The molecular formula is C10H23NO2. The zero-order valence-electron chi connectivity index (χ0n) is 9.05. The number of hydrogen-bond donors (Lipinski definition) is 2. The largest absolute Gasteiger partial charge is 0.392 e. The molecule has 0 heterocycles. The predicted molar refractivity (Wildman–Crippen MR) is 54.8 cm³/mol. The van der Waals surface area contributed by atoms with Gasteiger partial charge in [-0.3, -0.25) is 0 Å². The number of aliphatic hydroxyl groups excluding tert-OH is 1. The van der Waals surface area contributed by atoms with Crippen molar-refractivity contribution in [1.29, 1.82) is 0 Å². The zero-order chi connectivity index (χ0) is 10.1. The number of hydrogen-bond acceptors (Lipinski definition) is 3. The fourth-order valence-corrected chi connectivity index (χ4v) is 0.929. The van der Waals surface area contributed by atoms with E-state index in [2.05, 4.69) is 5.32 Å². The highest BCUT2D eigenvalue weighted by Gasteiger charge is 2.06. The molecule has 0 aliphatic carbocycles. The van der Waals surface area contributed by atoms with Crippen LogP contribution in [0.3, 0.4) is 0 Å².